The number of hydrogen-bond donors (Lipinski definition) is 1. The Labute approximate surface area is 152 Å². The third-order valence-corrected chi connectivity index (χ3v) is 6.53. The lowest BCUT2D eigenvalue weighted by atomic mass is 9.79. The van der Waals surface area contributed by atoms with E-state index < -0.39 is 43.0 Å². The molecule has 10 heteroatoms. The van der Waals surface area contributed by atoms with Gasteiger partial charge < -0.3 is 0 Å². The number of nitrogens with zero attached hydrogens (tertiary/aromatic N) is 1. The lowest BCUT2D eigenvalue weighted by Gasteiger charge is -2.25. The first-order valence-electron chi connectivity index (χ1n) is 8.14. The monoisotopic (exact) mass is 399 g/mol. The van der Waals surface area contributed by atoms with E-state index in [4.69, 9.17) is 4.55 Å². The van der Waals surface area contributed by atoms with Crippen molar-refractivity contribution in [3.8, 4) is 0 Å². The van der Waals surface area contributed by atoms with E-state index in [9.17, 15) is 26.4 Å². The summed E-state index contributed by atoms with van der Waals surface area (Å²) < 4.78 is 54.5. The van der Waals surface area contributed by atoms with Gasteiger partial charge in [0.2, 0.25) is 16.2 Å². The molecule has 0 bridgehead atoms. The van der Waals surface area contributed by atoms with Crippen molar-refractivity contribution in [1.82, 2.24) is 0 Å². The summed E-state index contributed by atoms with van der Waals surface area (Å²) in [6.45, 7) is 0. The maximum atomic E-state index is 12.9. The number of rotatable bonds is 3. The molecule has 1 saturated heterocycles. The third kappa shape index (κ3) is 3.31. The van der Waals surface area contributed by atoms with Gasteiger partial charge in [-0.25, -0.2) is 4.90 Å². The molecule has 2 aliphatic rings. The van der Waals surface area contributed by atoms with Crippen LogP contribution in [0, 0.1) is 11.8 Å². The summed E-state index contributed by atoms with van der Waals surface area (Å²) in [5.74, 6) is -2.71. The van der Waals surface area contributed by atoms with Crippen LogP contribution in [0.1, 0.15) is 32.1 Å². The zero-order valence-electron chi connectivity index (χ0n) is 13.7. The summed E-state index contributed by atoms with van der Waals surface area (Å²) in [6, 6.07) is 4.47. The molecule has 1 atom stereocenters. The van der Waals surface area contributed by atoms with Gasteiger partial charge in [-0.15, -0.1) is 0 Å². The maximum absolute atomic E-state index is 12.9. The third-order valence-electron chi connectivity index (χ3n) is 4.88. The second kappa shape index (κ2) is 6.93. The van der Waals surface area contributed by atoms with Crippen molar-refractivity contribution >= 4 is 42.8 Å². The number of carbonyl (C=O) groups excluding carboxylic acids is 2. The lowest BCUT2D eigenvalue weighted by molar-refractivity contribution is -0.123. The van der Waals surface area contributed by atoms with Gasteiger partial charge in [0, 0.05) is 0 Å². The largest absolute Gasteiger partial charge is 0.294 e. The fourth-order valence-corrected chi connectivity index (χ4v) is 4.88. The Balaban J connectivity index is 2.02. The Morgan fingerprint density at radius 1 is 1.00 bits per heavy atom. The smallest absolute Gasteiger partial charge is 0.282 e. The number of amides is 2. The molecular formula is C16H17NO7S2. The Morgan fingerprint density at radius 2 is 1.58 bits per heavy atom. The first-order chi connectivity index (χ1) is 12.2. The van der Waals surface area contributed by atoms with E-state index in [1.54, 1.807) is 0 Å². The summed E-state index contributed by atoms with van der Waals surface area (Å²) in [5.41, 5.74) is 0.0636. The maximum Gasteiger partial charge on any atom is 0.294 e. The van der Waals surface area contributed by atoms with Crippen molar-refractivity contribution in [2.45, 2.75) is 37.0 Å². The first kappa shape index (κ1) is 18.7. The van der Waals surface area contributed by atoms with E-state index >= 15 is 0 Å². The normalized spacial score (nSPS) is 22.1. The molecule has 140 valence electrons. The molecule has 0 spiro atoms. The predicted octanol–water partition coefficient (Wildman–Crippen LogP) is 1.05. The SMILES string of the molecule is O=C1C(=S(=O)=O)C(C2CCCCC2)C(=O)N1c1ccc(S(=O)(=O)O)cc1. The molecule has 1 N–H and O–H groups in total. The highest BCUT2D eigenvalue weighted by atomic mass is 32.2. The molecule has 0 radical (unpaired) electrons. The summed E-state index contributed by atoms with van der Waals surface area (Å²) in [7, 11) is -7.23. The molecule has 3 rings (SSSR count). The van der Waals surface area contributed by atoms with Crippen LogP contribution in [0.25, 0.3) is 0 Å². The van der Waals surface area contributed by atoms with E-state index in [0.29, 0.717) is 12.8 Å². The first-order valence-corrected chi connectivity index (χ1v) is 10.7. The van der Waals surface area contributed by atoms with Crippen LogP contribution in [-0.4, -0.2) is 38.1 Å². The van der Waals surface area contributed by atoms with Gasteiger partial charge in [0.15, 0.2) is 4.86 Å². The van der Waals surface area contributed by atoms with Crippen LogP contribution in [-0.2, 0) is 30.0 Å². The molecule has 1 unspecified atom stereocenters. The van der Waals surface area contributed by atoms with Crippen LogP contribution < -0.4 is 4.90 Å². The standard InChI is InChI=1S/C16H17NO7S2/c18-15-13(10-4-2-1-3-5-10)14(25(20)21)16(19)17(15)11-6-8-12(9-7-11)26(22,23)24/h6-10,13H,1-5H2,(H,22,23,24). The van der Waals surface area contributed by atoms with Crippen LogP contribution in [0.2, 0.25) is 0 Å². The predicted molar refractivity (Wildman–Crippen MR) is 92.7 cm³/mol. The minimum absolute atomic E-state index is 0.0636. The molecule has 1 saturated carbocycles. The van der Waals surface area contributed by atoms with Crippen molar-refractivity contribution in [2.75, 3.05) is 4.90 Å². The van der Waals surface area contributed by atoms with Gasteiger partial charge in [0.1, 0.15) is 0 Å². The van der Waals surface area contributed by atoms with Gasteiger partial charge in [-0.2, -0.15) is 16.8 Å². The van der Waals surface area contributed by atoms with Gasteiger partial charge in [0.05, 0.1) is 16.5 Å². The van der Waals surface area contributed by atoms with Crippen LogP contribution >= 0.6 is 0 Å². The summed E-state index contributed by atoms with van der Waals surface area (Å²) in [5, 5.41) is 0. The molecule has 1 heterocycles. The summed E-state index contributed by atoms with van der Waals surface area (Å²) in [4.78, 5) is 25.4. The van der Waals surface area contributed by atoms with Gasteiger partial charge in [-0.05, 0) is 43.0 Å². The minimum Gasteiger partial charge on any atom is -0.282 e. The zero-order valence-corrected chi connectivity index (χ0v) is 15.3. The molecule has 2 fully saturated rings. The molecule has 26 heavy (non-hydrogen) atoms. The molecule has 8 nitrogen and oxygen atoms in total. The second-order valence-corrected chi connectivity index (χ2v) is 8.75. The minimum atomic E-state index is -4.41. The lowest BCUT2D eigenvalue weighted by Crippen LogP contribution is -2.32. The number of carbonyl (C=O) groups is 2. The Kier molecular flexibility index (Phi) is 5.00. The number of hydrogen-bond acceptors (Lipinski definition) is 6. The Morgan fingerprint density at radius 3 is 2.08 bits per heavy atom. The van der Waals surface area contributed by atoms with E-state index in [2.05, 4.69) is 0 Å². The van der Waals surface area contributed by atoms with Gasteiger partial charge in [-0.3, -0.25) is 14.1 Å². The zero-order chi connectivity index (χ0) is 19.1. The van der Waals surface area contributed by atoms with E-state index in [1.165, 1.54) is 12.1 Å². The second-order valence-electron chi connectivity index (χ2n) is 6.42. The number of benzene rings is 1. The van der Waals surface area contributed by atoms with Gasteiger partial charge in [-0.1, -0.05) is 19.3 Å². The van der Waals surface area contributed by atoms with Crippen LogP contribution in [0.4, 0.5) is 5.69 Å². The molecule has 0 aromatic heterocycles. The number of imide groups is 1. The van der Waals surface area contributed by atoms with Crippen molar-refractivity contribution in [1.29, 1.82) is 0 Å². The molecule has 1 aromatic carbocycles. The van der Waals surface area contributed by atoms with Gasteiger partial charge >= 0.3 is 0 Å². The highest BCUT2D eigenvalue weighted by molar-refractivity contribution is 7.85. The van der Waals surface area contributed by atoms with Crippen molar-refractivity contribution in [3.63, 3.8) is 0 Å². The molecule has 1 aliphatic heterocycles. The van der Waals surface area contributed by atoms with Gasteiger partial charge in [0.25, 0.3) is 16.0 Å². The average Bonchev–Trinajstić information content (AvgIpc) is 2.86. The van der Waals surface area contributed by atoms with E-state index in [0.717, 1.165) is 36.3 Å². The average molecular weight is 399 g/mol. The fourth-order valence-electron chi connectivity index (χ4n) is 3.66. The van der Waals surface area contributed by atoms with E-state index in [1.807, 2.05) is 0 Å². The highest BCUT2D eigenvalue weighted by Crippen LogP contribution is 2.37. The molecular weight excluding hydrogens is 382 g/mol. The van der Waals surface area contributed by atoms with Crippen LogP contribution in [0.15, 0.2) is 29.2 Å². The quantitative estimate of drug-likeness (QED) is 0.457. The van der Waals surface area contributed by atoms with E-state index in [-0.39, 0.29) is 16.5 Å². The molecule has 1 aromatic rings. The van der Waals surface area contributed by atoms with Crippen LogP contribution in [0.5, 0.6) is 0 Å². The highest BCUT2D eigenvalue weighted by Gasteiger charge is 2.50. The fraction of sp³-hybridized carbons (Fsp3) is 0.438. The summed E-state index contributed by atoms with van der Waals surface area (Å²) >= 11 is 0. The Bertz CT molecular complexity index is 980. The summed E-state index contributed by atoms with van der Waals surface area (Å²) in [6.07, 6.45) is 4.14. The Hall–Kier alpha value is -2.04. The molecule has 1 aliphatic carbocycles. The van der Waals surface area contributed by atoms with Crippen molar-refractivity contribution < 1.29 is 31.0 Å². The van der Waals surface area contributed by atoms with Crippen LogP contribution in [0.3, 0.4) is 0 Å². The van der Waals surface area contributed by atoms with Crippen molar-refractivity contribution in [3.05, 3.63) is 24.3 Å². The topological polar surface area (TPSA) is 126 Å². The number of anilines is 1. The van der Waals surface area contributed by atoms with Crippen molar-refractivity contribution in [2.24, 2.45) is 11.8 Å². The molecule has 2 amide bonds.